The highest BCUT2D eigenvalue weighted by atomic mass is 16.7. The van der Waals surface area contributed by atoms with Crippen LogP contribution in [0.25, 0.3) is 0 Å². The van der Waals surface area contributed by atoms with Crippen LogP contribution < -0.4 is 24.8 Å². The second-order valence-electron chi connectivity index (χ2n) is 5.78. The van der Waals surface area contributed by atoms with E-state index in [1.165, 1.54) is 0 Å². The van der Waals surface area contributed by atoms with Gasteiger partial charge in [0, 0.05) is 18.2 Å². The Morgan fingerprint density at radius 2 is 1.88 bits per heavy atom. The van der Waals surface area contributed by atoms with Crippen molar-refractivity contribution in [2.45, 2.75) is 12.8 Å². The molecule has 2 aromatic carbocycles. The Morgan fingerprint density at radius 3 is 2.80 bits per heavy atom. The van der Waals surface area contributed by atoms with Gasteiger partial charge in [0.2, 0.25) is 12.7 Å². The Hall–Kier alpha value is -3.22. The first-order valence-electron chi connectivity index (χ1n) is 7.92. The first-order valence-corrected chi connectivity index (χ1v) is 7.92. The topological polar surface area (TPSA) is 85.9 Å². The van der Waals surface area contributed by atoms with Crippen LogP contribution in [0.15, 0.2) is 36.4 Å². The van der Waals surface area contributed by atoms with Gasteiger partial charge in [-0.1, -0.05) is 6.07 Å². The fourth-order valence-corrected chi connectivity index (χ4v) is 2.74. The molecule has 25 heavy (non-hydrogen) atoms. The Morgan fingerprint density at radius 1 is 1.04 bits per heavy atom. The van der Waals surface area contributed by atoms with E-state index >= 15 is 0 Å². The first-order chi connectivity index (χ1) is 12.2. The van der Waals surface area contributed by atoms with E-state index in [4.69, 9.17) is 14.2 Å². The summed E-state index contributed by atoms with van der Waals surface area (Å²) < 4.78 is 15.9. The number of anilines is 2. The highest BCUT2D eigenvalue weighted by Gasteiger charge is 2.17. The minimum absolute atomic E-state index is 0.0320. The van der Waals surface area contributed by atoms with Crippen molar-refractivity contribution in [1.29, 1.82) is 0 Å². The zero-order chi connectivity index (χ0) is 17.2. The molecule has 0 unspecified atom stereocenters. The standard InChI is InChI=1S/C18H16N2O5/c21-17(19-12-3-5-15-16(8-12)25-10-24-15)6-2-11-1-4-14-13(7-11)20-18(22)9-23-14/h1,3-5,7-8H,2,6,9-10H2,(H,19,21)(H,20,22). The molecule has 2 aromatic rings. The van der Waals surface area contributed by atoms with E-state index in [0.717, 1.165) is 5.56 Å². The fourth-order valence-electron chi connectivity index (χ4n) is 2.74. The van der Waals surface area contributed by atoms with Crippen molar-refractivity contribution in [1.82, 2.24) is 0 Å². The van der Waals surface area contributed by atoms with Crippen LogP contribution in [0.4, 0.5) is 11.4 Å². The molecule has 2 heterocycles. The summed E-state index contributed by atoms with van der Waals surface area (Å²) in [6.45, 7) is 0.232. The summed E-state index contributed by atoms with van der Waals surface area (Å²) in [5, 5.41) is 5.60. The minimum atomic E-state index is -0.176. The van der Waals surface area contributed by atoms with Crippen LogP contribution in [-0.2, 0) is 16.0 Å². The lowest BCUT2D eigenvalue weighted by atomic mass is 10.1. The highest BCUT2D eigenvalue weighted by Crippen LogP contribution is 2.34. The van der Waals surface area contributed by atoms with E-state index in [1.807, 2.05) is 12.1 Å². The largest absolute Gasteiger partial charge is 0.482 e. The van der Waals surface area contributed by atoms with Crippen molar-refractivity contribution in [3.8, 4) is 17.2 Å². The van der Waals surface area contributed by atoms with Crippen LogP contribution in [-0.4, -0.2) is 25.2 Å². The van der Waals surface area contributed by atoms with Gasteiger partial charge < -0.3 is 24.8 Å². The Balaban J connectivity index is 1.36. The van der Waals surface area contributed by atoms with E-state index in [0.29, 0.717) is 41.5 Å². The Kier molecular flexibility index (Phi) is 3.89. The molecule has 7 heteroatoms. The number of hydrogen-bond donors (Lipinski definition) is 2. The smallest absolute Gasteiger partial charge is 0.262 e. The third-order valence-corrected chi connectivity index (χ3v) is 3.97. The molecule has 2 N–H and O–H groups in total. The quantitative estimate of drug-likeness (QED) is 0.892. The van der Waals surface area contributed by atoms with Gasteiger partial charge >= 0.3 is 0 Å². The summed E-state index contributed by atoms with van der Waals surface area (Å²) in [6, 6.07) is 10.8. The molecular formula is C18H16N2O5. The third-order valence-electron chi connectivity index (χ3n) is 3.97. The number of carbonyl (C=O) groups excluding carboxylic acids is 2. The zero-order valence-electron chi connectivity index (χ0n) is 13.3. The summed E-state index contributed by atoms with van der Waals surface area (Å²) in [6.07, 6.45) is 0.877. The van der Waals surface area contributed by atoms with Crippen LogP contribution in [0.2, 0.25) is 0 Å². The third kappa shape index (κ3) is 3.35. The first kappa shape index (κ1) is 15.3. The van der Waals surface area contributed by atoms with Gasteiger partial charge in [0.05, 0.1) is 5.69 Å². The van der Waals surface area contributed by atoms with E-state index in [2.05, 4.69) is 10.6 Å². The number of aryl methyl sites for hydroxylation is 1. The molecule has 2 amide bonds. The summed E-state index contributed by atoms with van der Waals surface area (Å²) in [7, 11) is 0. The molecular weight excluding hydrogens is 324 g/mol. The van der Waals surface area contributed by atoms with Crippen molar-refractivity contribution < 1.29 is 23.8 Å². The van der Waals surface area contributed by atoms with Gasteiger partial charge in [-0.3, -0.25) is 9.59 Å². The number of nitrogens with one attached hydrogen (secondary N) is 2. The molecule has 0 radical (unpaired) electrons. The van der Waals surface area contributed by atoms with Crippen LogP contribution in [0.1, 0.15) is 12.0 Å². The number of fused-ring (bicyclic) bond motifs is 2. The van der Waals surface area contributed by atoms with Crippen LogP contribution in [0.3, 0.4) is 0 Å². The molecule has 0 saturated carbocycles. The van der Waals surface area contributed by atoms with Crippen LogP contribution in [0, 0.1) is 0 Å². The molecule has 128 valence electrons. The summed E-state index contributed by atoms with van der Waals surface area (Å²) in [5.41, 5.74) is 2.26. The van der Waals surface area contributed by atoms with Gasteiger partial charge in [-0.2, -0.15) is 0 Å². The Labute approximate surface area is 143 Å². The van der Waals surface area contributed by atoms with Crippen molar-refractivity contribution in [3.63, 3.8) is 0 Å². The molecule has 0 fully saturated rings. The number of ether oxygens (including phenoxy) is 3. The molecule has 0 atom stereocenters. The maximum absolute atomic E-state index is 12.1. The average Bonchev–Trinajstić information content (AvgIpc) is 3.07. The van der Waals surface area contributed by atoms with Crippen molar-refractivity contribution in [2.75, 3.05) is 24.0 Å². The minimum Gasteiger partial charge on any atom is -0.482 e. The predicted molar refractivity (Wildman–Crippen MR) is 90.1 cm³/mol. The van der Waals surface area contributed by atoms with E-state index < -0.39 is 0 Å². The van der Waals surface area contributed by atoms with Gasteiger partial charge in [-0.05, 0) is 36.2 Å². The SMILES string of the molecule is O=C(CCc1ccc2c(c1)NC(=O)CO2)Nc1ccc2c(c1)OCO2. The van der Waals surface area contributed by atoms with Gasteiger partial charge in [0.25, 0.3) is 5.91 Å². The maximum Gasteiger partial charge on any atom is 0.262 e. The molecule has 7 nitrogen and oxygen atoms in total. The van der Waals surface area contributed by atoms with E-state index in [9.17, 15) is 9.59 Å². The number of amides is 2. The number of carbonyl (C=O) groups is 2. The number of rotatable bonds is 4. The predicted octanol–water partition coefficient (Wildman–Crippen LogP) is 2.32. The summed E-state index contributed by atoms with van der Waals surface area (Å²) in [5.74, 6) is 1.68. The number of hydrogen-bond acceptors (Lipinski definition) is 5. The van der Waals surface area contributed by atoms with Gasteiger partial charge in [0.1, 0.15) is 5.75 Å². The zero-order valence-corrected chi connectivity index (χ0v) is 13.3. The molecule has 4 rings (SSSR count). The number of benzene rings is 2. The molecule has 0 bridgehead atoms. The second kappa shape index (κ2) is 6.35. The average molecular weight is 340 g/mol. The van der Waals surface area contributed by atoms with E-state index in [-0.39, 0.29) is 25.2 Å². The van der Waals surface area contributed by atoms with Crippen molar-refractivity contribution in [2.24, 2.45) is 0 Å². The molecule has 0 spiro atoms. The Bertz CT molecular complexity index is 849. The fraction of sp³-hybridized carbons (Fsp3) is 0.222. The van der Waals surface area contributed by atoms with Crippen LogP contribution in [0.5, 0.6) is 17.2 Å². The van der Waals surface area contributed by atoms with Crippen molar-refractivity contribution in [3.05, 3.63) is 42.0 Å². The highest BCUT2D eigenvalue weighted by molar-refractivity contribution is 5.95. The van der Waals surface area contributed by atoms with Gasteiger partial charge in [-0.25, -0.2) is 0 Å². The normalized spacial score (nSPS) is 14.3. The lowest BCUT2D eigenvalue weighted by Gasteiger charge is -2.18. The summed E-state index contributed by atoms with van der Waals surface area (Å²) in [4.78, 5) is 23.5. The maximum atomic E-state index is 12.1. The second-order valence-corrected chi connectivity index (χ2v) is 5.78. The lowest BCUT2D eigenvalue weighted by molar-refractivity contribution is -0.118. The van der Waals surface area contributed by atoms with Crippen molar-refractivity contribution >= 4 is 23.2 Å². The molecule has 2 aliphatic heterocycles. The molecule has 0 aliphatic carbocycles. The molecule has 0 aromatic heterocycles. The molecule has 0 saturated heterocycles. The van der Waals surface area contributed by atoms with Crippen LogP contribution >= 0.6 is 0 Å². The molecule has 2 aliphatic rings. The monoisotopic (exact) mass is 340 g/mol. The lowest BCUT2D eigenvalue weighted by Crippen LogP contribution is -2.25. The van der Waals surface area contributed by atoms with Gasteiger partial charge in [0.15, 0.2) is 18.1 Å². The van der Waals surface area contributed by atoms with Gasteiger partial charge in [-0.15, -0.1) is 0 Å². The summed E-state index contributed by atoms with van der Waals surface area (Å²) >= 11 is 0. The van der Waals surface area contributed by atoms with E-state index in [1.54, 1.807) is 24.3 Å².